The number of anilines is 1. The van der Waals surface area contributed by atoms with Crippen molar-refractivity contribution in [3.63, 3.8) is 0 Å². The van der Waals surface area contributed by atoms with Gasteiger partial charge in [-0.05, 0) is 37.6 Å². The van der Waals surface area contributed by atoms with Gasteiger partial charge in [-0.25, -0.2) is 4.79 Å². The van der Waals surface area contributed by atoms with Crippen molar-refractivity contribution in [2.45, 2.75) is 13.8 Å². The second-order valence-corrected chi connectivity index (χ2v) is 6.52. The van der Waals surface area contributed by atoms with Gasteiger partial charge in [0.15, 0.2) is 0 Å². The Labute approximate surface area is 174 Å². The third kappa shape index (κ3) is 4.43. The fourth-order valence-electron chi connectivity index (χ4n) is 2.97. The van der Waals surface area contributed by atoms with Crippen LogP contribution >= 0.6 is 0 Å². The fraction of sp³-hybridized carbons (Fsp3) is 0.227. The topological polar surface area (TPSA) is 102 Å². The van der Waals surface area contributed by atoms with Crippen LogP contribution in [0.1, 0.15) is 22.8 Å². The highest BCUT2D eigenvalue weighted by molar-refractivity contribution is 6.02. The lowest BCUT2D eigenvalue weighted by molar-refractivity contribution is 0.0960. The monoisotopic (exact) mass is 408 g/mol. The van der Waals surface area contributed by atoms with E-state index < -0.39 is 0 Å². The summed E-state index contributed by atoms with van der Waals surface area (Å²) < 4.78 is 11.4. The van der Waals surface area contributed by atoms with Crippen molar-refractivity contribution < 1.29 is 19.1 Å². The Morgan fingerprint density at radius 3 is 2.60 bits per heavy atom. The van der Waals surface area contributed by atoms with Gasteiger partial charge in [0.1, 0.15) is 17.2 Å². The van der Waals surface area contributed by atoms with Gasteiger partial charge >= 0.3 is 6.03 Å². The van der Waals surface area contributed by atoms with Crippen LogP contribution in [0.5, 0.6) is 17.2 Å². The van der Waals surface area contributed by atoms with Crippen molar-refractivity contribution in [1.29, 1.82) is 0 Å². The minimum absolute atomic E-state index is 0.271. The van der Waals surface area contributed by atoms with Crippen LogP contribution in [0.2, 0.25) is 0 Å². The van der Waals surface area contributed by atoms with Crippen LogP contribution in [0.15, 0.2) is 42.6 Å². The highest BCUT2D eigenvalue weighted by Crippen LogP contribution is 2.34. The maximum atomic E-state index is 12.2. The number of nitrogens with one attached hydrogen (secondary N) is 3. The standard InChI is InChI=1S/C22H24N4O4/c1-5-24-22(28)26-17-10-14(7-6-13(17)2)30-19-8-9-25-18-12-20(29-4)16(11-15(18)19)21(27)23-3/h6-12H,5H2,1-4H3,(H,23,27)(H2,24,26,28). The molecule has 0 aliphatic carbocycles. The average Bonchev–Trinajstić information content (AvgIpc) is 2.75. The average molecular weight is 408 g/mol. The Kier molecular flexibility index (Phi) is 6.36. The Morgan fingerprint density at radius 2 is 1.90 bits per heavy atom. The van der Waals surface area contributed by atoms with E-state index >= 15 is 0 Å². The Hall–Kier alpha value is -3.81. The number of pyridine rings is 1. The molecule has 0 radical (unpaired) electrons. The molecule has 2 aromatic carbocycles. The van der Waals surface area contributed by atoms with E-state index in [1.165, 1.54) is 7.11 Å². The van der Waals surface area contributed by atoms with Gasteiger partial charge in [-0.1, -0.05) is 6.07 Å². The number of aryl methyl sites for hydroxylation is 1. The maximum Gasteiger partial charge on any atom is 0.319 e. The van der Waals surface area contributed by atoms with Crippen LogP contribution in [0.25, 0.3) is 10.9 Å². The van der Waals surface area contributed by atoms with E-state index in [0.29, 0.717) is 45.9 Å². The summed E-state index contributed by atoms with van der Waals surface area (Å²) in [7, 11) is 3.06. The number of amides is 3. The third-order valence-corrected chi connectivity index (χ3v) is 4.52. The largest absolute Gasteiger partial charge is 0.496 e. The number of hydrogen-bond acceptors (Lipinski definition) is 5. The van der Waals surface area contributed by atoms with E-state index in [9.17, 15) is 9.59 Å². The first-order valence-corrected chi connectivity index (χ1v) is 9.49. The molecule has 0 saturated carbocycles. The number of aromatic nitrogens is 1. The number of carbonyl (C=O) groups is 2. The summed E-state index contributed by atoms with van der Waals surface area (Å²) in [6, 6.07) is 10.3. The lowest BCUT2D eigenvalue weighted by atomic mass is 10.1. The number of rotatable bonds is 6. The maximum absolute atomic E-state index is 12.2. The minimum atomic E-state index is -0.283. The van der Waals surface area contributed by atoms with Crippen LogP contribution < -0.4 is 25.4 Å². The van der Waals surface area contributed by atoms with Crippen LogP contribution in [-0.4, -0.2) is 37.6 Å². The zero-order valence-electron chi connectivity index (χ0n) is 17.3. The summed E-state index contributed by atoms with van der Waals surface area (Å²) in [5.41, 5.74) is 2.56. The predicted molar refractivity (Wildman–Crippen MR) is 116 cm³/mol. The number of urea groups is 1. The normalized spacial score (nSPS) is 10.4. The van der Waals surface area contributed by atoms with Gasteiger partial charge in [0, 0.05) is 43.0 Å². The zero-order valence-corrected chi connectivity index (χ0v) is 17.3. The number of carbonyl (C=O) groups excluding carboxylic acids is 2. The number of benzene rings is 2. The molecular formula is C22H24N4O4. The van der Waals surface area contributed by atoms with Gasteiger partial charge in [0.2, 0.25) is 0 Å². The number of methoxy groups -OCH3 is 1. The van der Waals surface area contributed by atoms with Crippen LogP contribution in [0, 0.1) is 6.92 Å². The minimum Gasteiger partial charge on any atom is -0.496 e. The summed E-state index contributed by atoms with van der Waals surface area (Å²) in [6.45, 7) is 4.28. The van der Waals surface area contributed by atoms with Crippen molar-refractivity contribution >= 4 is 28.5 Å². The Morgan fingerprint density at radius 1 is 1.10 bits per heavy atom. The van der Waals surface area contributed by atoms with Crippen LogP contribution in [-0.2, 0) is 0 Å². The van der Waals surface area contributed by atoms with Crippen LogP contribution in [0.3, 0.4) is 0 Å². The molecule has 1 aromatic heterocycles. The molecule has 30 heavy (non-hydrogen) atoms. The zero-order chi connectivity index (χ0) is 21.7. The van der Waals surface area contributed by atoms with Gasteiger partial charge in [-0.3, -0.25) is 9.78 Å². The highest BCUT2D eigenvalue weighted by Gasteiger charge is 2.16. The molecule has 3 amide bonds. The molecule has 3 rings (SSSR count). The lowest BCUT2D eigenvalue weighted by Gasteiger charge is -2.14. The van der Waals surface area contributed by atoms with Gasteiger partial charge in [-0.2, -0.15) is 0 Å². The molecule has 1 heterocycles. The summed E-state index contributed by atoms with van der Waals surface area (Å²) in [4.78, 5) is 28.5. The van der Waals surface area contributed by atoms with Crippen LogP contribution in [0.4, 0.5) is 10.5 Å². The molecule has 8 nitrogen and oxygen atoms in total. The molecule has 0 bridgehead atoms. The van der Waals surface area contributed by atoms with E-state index in [-0.39, 0.29) is 11.9 Å². The van der Waals surface area contributed by atoms with Crippen molar-refractivity contribution in [3.8, 4) is 17.2 Å². The number of hydrogen-bond donors (Lipinski definition) is 3. The lowest BCUT2D eigenvalue weighted by Crippen LogP contribution is -2.28. The second kappa shape index (κ2) is 9.13. The molecule has 156 valence electrons. The van der Waals surface area contributed by atoms with Gasteiger partial charge in [-0.15, -0.1) is 0 Å². The number of nitrogens with zero attached hydrogens (tertiary/aromatic N) is 1. The van der Waals surface area contributed by atoms with Gasteiger partial charge < -0.3 is 25.4 Å². The molecule has 0 aliphatic heterocycles. The van der Waals surface area contributed by atoms with Crippen molar-refractivity contribution in [2.75, 3.05) is 26.0 Å². The van der Waals surface area contributed by atoms with E-state index in [4.69, 9.17) is 9.47 Å². The molecular weight excluding hydrogens is 384 g/mol. The molecule has 0 aliphatic rings. The van der Waals surface area contributed by atoms with E-state index in [1.54, 1.807) is 37.5 Å². The summed E-state index contributed by atoms with van der Waals surface area (Å²) >= 11 is 0. The quantitative estimate of drug-likeness (QED) is 0.575. The smallest absolute Gasteiger partial charge is 0.319 e. The third-order valence-electron chi connectivity index (χ3n) is 4.52. The van der Waals surface area contributed by atoms with E-state index in [0.717, 1.165) is 5.56 Å². The van der Waals surface area contributed by atoms with E-state index in [2.05, 4.69) is 20.9 Å². The summed E-state index contributed by atoms with van der Waals surface area (Å²) in [5.74, 6) is 1.22. The molecule has 8 heteroatoms. The molecule has 0 spiro atoms. The highest BCUT2D eigenvalue weighted by atomic mass is 16.5. The van der Waals surface area contributed by atoms with Crippen molar-refractivity contribution in [2.24, 2.45) is 0 Å². The summed E-state index contributed by atoms with van der Waals surface area (Å²) in [6.07, 6.45) is 1.62. The van der Waals surface area contributed by atoms with E-state index in [1.807, 2.05) is 26.0 Å². The van der Waals surface area contributed by atoms with Gasteiger partial charge in [0.25, 0.3) is 5.91 Å². The Balaban J connectivity index is 1.99. The molecule has 0 unspecified atom stereocenters. The summed E-state index contributed by atoms with van der Waals surface area (Å²) in [5, 5.41) is 8.78. The SMILES string of the molecule is CCNC(=O)Nc1cc(Oc2ccnc3cc(OC)c(C(=O)NC)cc23)ccc1C. The van der Waals surface area contributed by atoms with Crippen molar-refractivity contribution in [1.82, 2.24) is 15.6 Å². The molecule has 3 aromatic rings. The molecule has 0 saturated heterocycles. The first kappa shape index (κ1) is 20.9. The van der Waals surface area contributed by atoms with Crippen molar-refractivity contribution in [3.05, 3.63) is 53.7 Å². The molecule has 3 N–H and O–H groups in total. The Bertz CT molecular complexity index is 1100. The second-order valence-electron chi connectivity index (χ2n) is 6.52. The predicted octanol–water partition coefficient (Wildman–Crippen LogP) is 3.85. The number of fused-ring (bicyclic) bond motifs is 1. The first-order chi connectivity index (χ1) is 14.5. The van der Waals surface area contributed by atoms with Gasteiger partial charge in [0.05, 0.1) is 18.2 Å². The number of ether oxygens (including phenoxy) is 2. The first-order valence-electron chi connectivity index (χ1n) is 9.49. The molecule has 0 fully saturated rings. The molecule has 0 atom stereocenters. The fourth-order valence-corrected chi connectivity index (χ4v) is 2.97.